The Morgan fingerprint density at radius 1 is 1.41 bits per heavy atom. The number of aliphatic hydroxyl groups excluding tert-OH is 1. The van der Waals surface area contributed by atoms with E-state index in [0.717, 1.165) is 19.3 Å². The van der Waals surface area contributed by atoms with Gasteiger partial charge in [0.2, 0.25) is 10.0 Å². The van der Waals surface area contributed by atoms with Gasteiger partial charge in [-0.1, -0.05) is 20.3 Å². The zero-order valence-corrected chi connectivity index (χ0v) is 11.5. The first-order valence-corrected chi connectivity index (χ1v) is 7.92. The van der Waals surface area contributed by atoms with Crippen molar-refractivity contribution in [3.8, 4) is 0 Å². The molecule has 0 aromatic heterocycles. The number of aliphatic hydroxyl groups is 1. The normalized spacial score (nSPS) is 23.2. The van der Waals surface area contributed by atoms with Crippen molar-refractivity contribution in [3.63, 3.8) is 0 Å². The molecule has 1 heterocycles. The predicted octanol–water partition coefficient (Wildman–Crippen LogP) is 0.161. The molecule has 6 heteroatoms. The lowest BCUT2D eigenvalue weighted by molar-refractivity contribution is 0.155. The van der Waals surface area contributed by atoms with E-state index < -0.39 is 10.0 Å². The molecule has 0 spiro atoms. The lowest BCUT2D eigenvalue weighted by Gasteiger charge is -2.33. The van der Waals surface area contributed by atoms with Gasteiger partial charge in [-0.3, -0.25) is 0 Å². The van der Waals surface area contributed by atoms with Crippen LogP contribution in [0.2, 0.25) is 0 Å². The van der Waals surface area contributed by atoms with Crippen LogP contribution < -0.4 is 5.32 Å². The average Bonchev–Trinajstić information content (AvgIpc) is 2.28. The molecule has 0 saturated carbocycles. The molecule has 2 N–H and O–H groups in total. The number of rotatable bonds is 6. The average molecular weight is 264 g/mol. The molecule has 1 atom stereocenters. The third kappa shape index (κ3) is 4.54. The molecule has 17 heavy (non-hydrogen) atoms. The van der Waals surface area contributed by atoms with Gasteiger partial charge in [0.25, 0.3) is 0 Å². The Balaban J connectivity index is 2.55. The van der Waals surface area contributed by atoms with Crippen molar-refractivity contribution in [2.45, 2.75) is 45.2 Å². The van der Waals surface area contributed by atoms with E-state index in [9.17, 15) is 13.5 Å². The minimum Gasteiger partial charge on any atom is -0.395 e. The number of nitrogens with one attached hydrogen (secondary N) is 1. The highest BCUT2D eigenvalue weighted by Crippen LogP contribution is 2.20. The largest absolute Gasteiger partial charge is 0.395 e. The summed E-state index contributed by atoms with van der Waals surface area (Å²) in [6, 6.07) is 0.0768. The summed E-state index contributed by atoms with van der Waals surface area (Å²) in [5, 5.41) is 12.3. The smallest absolute Gasteiger partial charge is 0.215 e. The third-order valence-corrected chi connectivity index (χ3v) is 4.97. The monoisotopic (exact) mass is 264 g/mol. The summed E-state index contributed by atoms with van der Waals surface area (Å²) in [6.45, 7) is 4.93. The van der Waals surface area contributed by atoms with E-state index in [1.165, 1.54) is 4.31 Å². The van der Waals surface area contributed by atoms with E-state index in [4.69, 9.17) is 0 Å². The van der Waals surface area contributed by atoms with Gasteiger partial charge in [0.05, 0.1) is 12.4 Å². The first-order valence-electron chi connectivity index (χ1n) is 6.31. The second-order valence-corrected chi connectivity index (χ2v) is 6.91. The molecule has 0 aromatic rings. The number of nitrogens with zero attached hydrogens (tertiary/aromatic N) is 1. The highest BCUT2D eigenvalue weighted by atomic mass is 32.2. The topological polar surface area (TPSA) is 69.6 Å². The van der Waals surface area contributed by atoms with Crippen LogP contribution in [-0.2, 0) is 10.0 Å². The number of hydrogen-bond donors (Lipinski definition) is 2. The van der Waals surface area contributed by atoms with Crippen LogP contribution in [0.5, 0.6) is 0 Å². The molecular formula is C11H24N2O3S. The maximum absolute atomic E-state index is 12.1. The number of hydrogen-bond acceptors (Lipinski definition) is 4. The zero-order valence-electron chi connectivity index (χ0n) is 10.7. The van der Waals surface area contributed by atoms with E-state index >= 15 is 0 Å². The molecule has 0 aromatic carbocycles. The molecular weight excluding hydrogens is 240 g/mol. The maximum Gasteiger partial charge on any atom is 0.215 e. The maximum atomic E-state index is 12.1. The van der Waals surface area contributed by atoms with Gasteiger partial charge in [-0.05, 0) is 12.8 Å². The lowest BCUT2D eigenvalue weighted by atomic mass is 10.1. The van der Waals surface area contributed by atoms with Crippen LogP contribution in [0.25, 0.3) is 0 Å². The molecule has 1 unspecified atom stereocenters. The van der Waals surface area contributed by atoms with Gasteiger partial charge in [-0.2, -0.15) is 4.31 Å². The Kier molecular flexibility index (Phi) is 5.85. The summed E-state index contributed by atoms with van der Waals surface area (Å²) in [5.41, 5.74) is 0. The molecule has 1 rings (SSSR count). The fraction of sp³-hybridized carbons (Fsp3) is 1.00. The Morgan fingerprint density at radius 2 is 2.12 bits per heavy atom. The molecule has 0 aliphatic carbocycles. The van der Waals surface area contributed by atoms with Gasteiger partial charge in [-0.25, -0.2) is 8.42 Å². The first-order chi connectivity index (χ1) is 7.97. The van der Waals surface area contributed by atoms with Crippen molar-refractivity contribution in [2.75, 3.05) is 25.4 Å². The highest BCUT2D eigenvalue weighted by molar-refractivity contribution is 7.89. The second kappa shape index (κ2) is 6.68. The molecule has 0 amide bonds. The fourth-order valence-electron chi connectivity index (χ4n) is 2.12. The van der Waals surface area contributed by atoms with Crippen molar-refractivity contribution >= 4 is 10.0 Å². The Bertz CT molecular complexity index is 317. The second-order valence-electron chi connectivity index (χ2n) is 4.87. The van der Waals surface area contributed by atoms with Crippen LogP contribution in [-0.4, -0.2) is 55.4 Å². The highest BCUT2D eigenvalue weighted by Gasteiger charge is 2.31. The summed E-state index contributed by atoms with van der Waals surface area (Å²) in [7, 11) is -3.23. The summed E-state index contributed by atoms with van der Waals surface area (Å²) in [4.78, 5) is 0. The summed E-state index contributed by atoms with van der Waals surface area (Å²) < 4.78 is 25.7. The minimum absolute atomic E-state index is 0.0726. The van der Waals surface area contributed by atoms with Gasteiger partial charge in [0.15, 0.2) is 0 Å². The first kappa shape index (κ1) is 14.9. The van der Waals surface area contributed by atoms with Crippen LogP contribution in [0.15, 0.2) is 0 Å². The molecule has 1 fully saturated rings. The Morgan fingerprint density at radius 3 is 2.71 bits per heavy atom. The lowest BCUT2D eigenvalue weighted by Crippen LogP contribution is -2.47. The van der Waals surface area contributed by atoms with E-state index in [2.05, 4.69) is 5.32 Å². The Hall–Kier alpha value is -0.170. The molecule has 0 radical (unpaired) electrons. The van der Waals surface area contributed by atoms with Gasteiger partial charge >= 0.3 is 0 Å². The molecule has 102 valence electrons. The van der Waals surface area contributed by atoms with Crippen molar-refractivity contribution in [3.05, 3.63) is 0 Å². The van der Waals surface area contributed by atoms with E-state index in [1.807, 2.05) is 13.8 Å². The van der Waals surface area contributed by atoms with Crippen molar-refractivity contribution in [1.29, 1.82) is 0 Å². The summed E-state index contributed by atoms with van der Waals surface area (Å²) >= 11 is 0. The molecule has 0 bridgehead atoms. The molecule has 1 aliphatic heterocycles. The minimum atomic E-state index is -3.23. The SMILES string of the molecule is CC(C)NCCS(=O)(=O)N1CCCCC1CO. The fourth-order valence-corrected chi connectivity index (χ4v) is 3.76. The third-order valence-electron chi connectivity index (χ3n) is 3.05. The number of piperidine rings is 1. The van der Waals surface area contributed by atoms with E-state index in [1.54, 1.807) is 0 Å². The van der Waals surface area contributed by atoms with Gasteiger partial charge in [0, 0.05) is 25.2 Å². The summed E-state index contributed by atoms with van der Waals surface area (Å²) in [6.07, 6.45) is 2.67. The summed E-state index contributed by atoms with van der Waals surface area (Å²) in [5.74, 6) is 0.113. The Labute approximate surface area is 104 Å². The molecule has 5 nitrogen and oxygen atoms in total. The van der Waals surface area contributed by atoms with Crippen LogP contribution in [0.4, 0.5) is 0 Å². The van der Waals surface area contributed by atoms with Gasteiger partial charge in [0.1, 0.15) is 0 Å². The molecule has 1 saturated heterocycles. The van der Waals surface area contributed by atoms with Crippen LogP contribution >= 0.6 is 0 Å². The zero-order chi connectivity index (χ0) is 12.9. The van der Waals surface area contributed by atoms with Crippen molar-refractivity contribution < 1.29 is 13.5 Å². The van der Waals surface area contributed by atoms with Crippen molar-refractivity contribution in [2.24, 2.45) is 0 Å². The van der Waals surface area contributed by atoms with Gasteiger partial charge < -0.3 is 10.4 Å². The number of sulfonamides is 1. The van der Waals surface area contributed by atoms with Crippen LogP contribution in [0.1, 0.15) is 33.1 Å². The van der Waals surface area contributed by atoms with Crippen LogP contribution in [0.3, 0.4) is 0 Å². The van der Waals surface area contributed by atoms with Crippen molar-refractivity contribution in [1.82, 2.24) is 9.62 Å². The van der Waals surface area contributed by atoms with E-state index in [-0.39, 0.29) is 18.4 Å². The standard InChI is InChI=1S/C11H24N2O3S/c1-10(2)12-6-8-17(15,16)13-7-4-3-5-11(13)9-14/h10-12,14H,3-9H2,1-2H3. The molecule has 1 aliphatic rings. The van der Waals surface area contributed by atoms with Gasteiger partial charge in [-0.15, -0.1) is 0 Å². The van der Waals surface area contributed by atoms with Crippen LogP contribution in [0, 0.1) is 0 Å². The quantitative estimate of drug-likeness (QED) is 0.717. The van der Waals surface area contributed by atoms with E-state index in [0.29, 0.717) is 19.1 Å². The predicted molar refractivity (Wildman–Crippen MR) is 68.4 cm³/mol.